The summed E-state index contributed by atoms with van der Waals surface area (Å²) < 4.78 is 5.18. The van der Waals surface area contributed by atoms with Crippen molar-refractivity contribution in [1.29, 1.82) is 0 Å². The normalized spacial score (nSPS) is 25.1. The predicted octanol–water partition coefficient (Wildman–Crippen LogP) is 3.82. The minimum atomic E-state index is -0.718. The highest BCUT2D eigenvalue weighted by Gasteiger charge is 2.54. The molecule has 1 aliphatic carbocycles. The molecule has 27 heavy (non-hydrogen) atoms. The molecule has 1 N–H and O–H groups in total. The second-order valence-corrected chi connectivity index (χ2v) is 8.17. The molecular formula is C20H23N3O3S. The van der Waals surface area contributed by atoms with E-state index in [0.29, 0.717) is 0 Å². The quantitative estimate of drug-likeness (QED) is 0.812. The van der Waals surface area contributed by atoms with E-state index >= 15 is 0 Å². The average Bonchev–Trinajstić information content (AvgIpc) is 3.24. The lowest BCUT2D eigenvalue weighted by atomic mass is 9.73. The number of ether oxygens (including phenoxy) is 1. The molecule has 1 aliphatic heterocycles. The number of hydrogen-bond donors (Lipinski definition) is 1. The van der Waals surface area contributed by atoms with Gasteiger partial charge >= 0.3 is 6.03 Å². The molecular weight excluding hydrogens is 362 g/mol. The molecule has 0 radical (unpaired) electrons. The Hall–Kier alpha value is -2.41. The van der Waals surface area contributed by atoms with Crippen molar-refractivity contribution >= 4 is 23.3 Å². The van der Waals surface area contributed by atoms with E-state index in [0.717, 1.165) is 47.7 Å². The van der Waals surface area contributed by atoms with E-state index in [4.69, 9.17) is 4.74 Å². The molecule has 2 heterocycles. The Morgan fingerprint density at radius 3 is 2.78 bits per heavy atom. The molecule has 2 atom stereocenters. The number of nitrogens with one attached hydrogen (secondary N) is 1. The summed E-state index contributed by atoms with van der Waals surface area (Å²) in [4.78, 5) is 31.5. The van der Waals surface area contributed by atoms with Crippen LogP contribution >= 0.6 is 11.3 Å². The third-order valence-corrected chi connectivity index (χ3v) is 6.65. The molecule has 1 aromatic carbocycles. The van der Waals surface area contributed by atoms with E-state index in [-0.39, 0.29) is 24.4 Å². The van der Waals surface area contributed by atoms with Crippen LogP contribution in [0.5, 0.6) is 5.75 Å². The molecule has 1 saturated carbocycles. The summed E-state index contributed by atoms with van der Waals surface area (Å²) in [5, 5.41) is 5.76. The number of imide groups is 1. The van der Waals surface area contributed by atoms with Crippen molar-refractivity contribution in [3.8, 4) is 16.3 Å². The van der Waals surface area contributed by atoms with Crippen molar-refractivity contribution in [3.05, 3.63) is 35.3 Å². The zero-order chi connectivity index (χ0) is 19.0. The first-order valence-corrected chi connectivity index (χ1v) is 10.1. The van der Waals surface area contributed by atoms with Gasteiger partial charge in [-0.05, 0) is 43.0 Å². The van der Waals surface area contributed by atoms with Gasteiger partial charge < -0.3 is 10.1 Å². The van der Waals surface area contributed by atoms with Crippen molar-refractivity contribution in [1.82, 2.24) is 15.2 Å². The van der Waals surface area contributed by atoms with Crippen LogP contribution in [0.1, 0.15) is 38.3 Å². The summed E-state index contributed by atoms with van der Waals surface area (Å²) in [7, 11) is 1.63. The number of benzene rings is 1. The summed E-state index contributed by atoms with van der Waals surface area (Å²) in [6.45, 7) is 2.28. The molecule has 2 fully saturated rings. The number of urea groups is 1. The van der Waals surface area contributed by atoms with E-state index in [1.807, 2.05) is 29.6 Å². The van der Waals surface area contributed by atoms with Crippen LogP contribution in [0.2, 0.25) is 0 Å². The van der Waals surface area contributed by atoms with E-state index in [9.17, 15) is 9.59 Å². The number of carbonyl (C=O) groups is 2. The fourth-order valence-corrected chi connectivity index (χ4v) is 4.86. The number of amides is 3. The zero-order valence-corrected chi connectivity index (χ0v) is 16.3. The molecule has 1 aromatic heterocycles. The Labute approximate surface area is 162 Å². The van der Waals surface area contributed by atoms with Crippen LogP contribution < -0.4 is 10.1 Å². The van der Waals surface area contributed by atoms with Gasteiger partial charge in [-0.25, -0.2) is 9.78 Å². The maximum Gasteiger partial charge on any atom is 0.325 e. The lowest BCUT2D eigenvalue weighted by molar-refractivity contribution is -0.134. The number of hydrogen-bond acceptors (Lipinski definition) is 5. The highest BCUT2D eigenvalue weighted by Crippen LogP contribution is 2.38. The van der Waals surface area contributed by atoms with Crippen molar-refractivity contribution in [2.24, 2.45) is 5.92 Å². The van der Waals surface area contributed by atoms with Gasteiger partial charge in [-0.2, -0.15) is 0 Å². The molecule has 1 spiro atoms. The van der Waals surface area contributed by atoms with Crippen LogP contribution in [-0.4, -0.2) is 34.5 Å². The van der Waals surface area contributed by atoms with Gasteiger partial charge in [0.2, 0.25) is 0 Å². The van der Waals surface area contributed by atoms with E-state index in [2.05, 4.69) is 17.2 Å². The van der Waals surface area contributed by atoms with E-state index in [1.165, 1.54) is 16.2 Å². The second-order valence-electron chi connectivity index (χ2n) is 7.31. The third kappa shape index (κ3) is 3.10. The van der Waals surface area contributed by atoms with Gasteiger partial charge in [0.1, 0.15) is 16.3 Å². The second kappa shape index (κ2) is 6.96. The summed E-state index contributed by atoms with van der Waals surface area (Å²) in [6, 6.07) is 7.39. The molecule has 4 rings (SSSR count). The van der Waals surface area contributed by atoms with Crippen LogP contribution in [0, 0.1) is 5.92 Å². The van der Waals surface area contributed by atoms with Crippen LogP contribution in [0.25, 0.3) is 10.6 Å². The highest BCUT2D eigenvalue weighted by atomic mass is 32.1. The van der Waals surface area contributed by atoms with Crippen molar-refractivity contribution in [2.45, 2.75) is 44.7 Å². The third-order valence-electron chi connectivity index (χ3n) is 5.71. The van der Waals surface area contributed by atoms with Gasteiger partial charge in [-0.15, -0.1) is 11.3 Å². The minimum absolute atomic E-state index is 0.0984. The fourth-order valence-electron chi connectivity index (χ4n) is 4.05. The predicted molar refractivity (Wildman–Crippen MR) is 104 cm³/mol. The highest BCUT2D eigenvalue weighted by molar-refractivity contribution is 7.13. The lowest BCUT2D eigenvalue weighted by Gasteiger charge is -2.36. The molecule has 2 aliphatic rings. The number of thiazole rings is 1. The molecule has 6 nitrogen and oxygen atoms in total. The monoisotopic (exact) mass is 385 g/mol. The van der Waals surface area contributed by atoms with E-state index in [1.54, 1.807) is 7.11 Å². The van der Waals surface area contributed by atoms with Gasteiger partial charge in [0.05, 0.1) is 19.3 Å². The minimum Gasteiger partial charge on any atom is -0.497 e. The van der Waals surface area contributed by atoms with Crippen LogP contribution in [-0.2, 0) is 11.3 Å². The van der Waals surface area contributed by atoms with E-state index < -0.39 is 5.54 Å². The number of carbonyl (C=O) groups excluding carboxylic acids is 2. The Morgan fingerprint density at radius 1 is 1.30 bits per heavy atom. The smallest absolute Gasteiger partial charge is 0.325 e. The zero-order valence-electron chi connectivity index (χ0n) is 15.5. The lowest BCUT2D eigenvalue weighted by Crippen LogP contribution is -2.53. The van der Waals surface area contributed by atoms with Crippen molar-refractivity contribution in [2.75, 3.05) is 7.11 Å². The van der Waals surface area contributed by atoms with Gasteiger partial charge in [-0.1, -0.05) is 19.8 Å². The summed E-state index contributed by atoms with van der Waals surface area (Å²) in [5.74, 6) is 0.860. The number of nitrogens with zero attached hydrogens (tertiary/aromatic N) is 2. The Balaban J connectivity index is 1.52. The van der Waals surface area contributed by atoms with Crippen molar-refractivity contribution < 1.29 is 14.3 Å². The summed E-state index contributed by atoms with van der Waals surface area (Å²) >= 11 is 1.51. The Morgan fingerprint density at radius 2 is 2.07 bits per heavy atom. The molecule has 7 heteroatoms. The largest absolute Gasteiger partial charge is 0.497 e. The van der Waals surface area contributed by atoms with Crippen molar-refractivity contribution in [3.63, 3.8) is 0 Å². The van der Waals surface area contributed by atoms with Crippen LogP contribution in [0.4, 0.5) is 4.79 Å². The standard InChI is InChI=1S/C20H23N3O3S/c1-13-5-3-4-10-20(13)18(24)23(19(25)22-20)11-15-12-27-17(21-15)14-6-8-16(26-2)9-7-14/h6-9,12-13H,3-5,10-11H2,1-2H3,(H,22,25)/t13-,20-/m0/s1. The molecule has 1 saturated heterocycles. The van der Waals surface area contributed by atoms with Gasteiger partial charge in [0.25, 0.3) is 5.91 Å². The fraction of sp³-hybridized carbons (Fsp3) is 0.450. The van der Waals surface area contributed by atoms with Crippen LogP contribution in [0.3, 0.4) is 0 Å². The van der Waals surface area contributed by atoms with Gasteiger partial charge in [0.15, 0.2) is 0 Å². The Kier molecular flexibility index (Phi) is 4.63. The summed E-state index contributed by atoms with van der Waals surface area (Å²) in [5.41, 5.74) is 1.00. The number of methoxy groups -OCH3 is 1. The maximum atomic E-state index is 13.1. The topological polar surface area (TPSA) is 71.5 Å². The average molecular weight is 385 g/mol. The van der Waals surface area contributed by atoms with Gasteiger partial charge in [-0.3, -0.25) is 9.69 Å². The molecule has 2 aromatic rings. The Bertz CT molecular complexity index is 864. The van der Waals surface area contributed by atoms with Crippen LogP contribution in [0.15, 0.2) is 29.6 Å². The summed E-state index contributed by atoms with van der Waals surface area (Å²) in [6.07, 6.45) is 3.79. The number of rotatable bonds is 4. The first-order chi connectivity index (χ1) is 13.0. The molecule has 0 unspecified atom stereocenters. The number of aromatic nitrogens is 1. The maximum absolute atomic E-state index is 13.1. The van der Waals surface area contributed by atoms with Gasteiger partial charge in [0, 0.05) is 10.9 Å². The first kappa shape index (κ1) is 18.0. The SMILES string of the molecule is COc1ccc(-c2nc(CN3C(=O)N[C@]4(CCCC[C@@H]4C)C3=O)cs2)cc1. The molecule has 3 amide bonds. The first-order valence-electron chi connectivity index (χ1n) is 9.26. The molecule has 0 bridgehead atoms. The molecule has 142 valence electrons.